The van der Waals surface area contributed by atoms with Crippen LogP contribution in [0.3, 0.4) is 0 Å². The van der Waals surface area contributed by atoms with Gasteiger partial charge in [-0.15, -0.1) is 0 Å². The average Bonchev–Trinajstić information content (AvgIpc) is 2.68. The van der Waals surface area contributed by atoms with Crippen molar-refractivity contribution in [2.24, 2.45) is 0 Å². The third-order valence-electron chi connectivity index (χ3n) is 4.73. The number of aromatic nitrogens is 2. The first kappa shape index (κ1) is 16.4. The van der Waals surface area contributed by atoms with Crippen LogP contribution in [0.15, 0.2) is 54.9 Å². The van der Waals surface area contributed by atoms with Crippen LogP contribution in [0.5, 0.6) is 5.75 Å². The molecule has 0 amide bonds. The lowest BCUT2D eigenvalue weighted by Gasteiger charge is -2.29. The highest BCUT2D eigenvalue weighted by atomic mass is 16.5. The highest BCUT2D eigenvalue weighted by Crippen LogP contribution is 2.29. The molecule has 1 aromatic heterocycles. The Balaban J connectivity index is 1.57. The van der Waals surface area contributed by atoms with E-state index in [9.17, 15) is 0 Å². The van der Waals surface area contributed by atoms with E-state index in [0.29, 0.717) is 0 Å². The molecule has 132 valence electrons. The van der Waals surface area contributed by atoms with Gasteiger partial charge in [0.25, 0.3) is 0 Å². The number of aryl methyl sites for hydroxylation is 1. The summed E-state index contributed by atoms with van der Waals surface area (Å²) in [6.07, 6.45) is 2.65. The standard InChI is InChI=1S/C21H22N4O/c1-15-7-8-19(26-2)18(11-15)24-20-12-21(23-14-22-20)25-10-9-16-5-3-4-6-17(16)13-25/h3-8,11-12,14H,9-10,13H2,1-2H3,(H,22,23,24). The summed E-state index contributed by atoms with van der Waals surface area (Å²) in [6, 6.07) is 16.6. The Morgan fingerprint density at radius 1 is 1.04 bits per heavy atom. The van der Waals surface area contributed by atoms with E-state index in [1.165, 1.54) is 11.1 Å². The van der Waals surface area contributed by atoms with Gasteiger partial charge in [-0.25, -0.2) is 9.97 Å². The van der Waals surface area contributed by atoms with Crippen LogP contribution in [0.4, 0.5) is 17.3 Å². The molecule has 0 spiro atoms. The number of methoxy groups -OCH3 is 1. The van der Waals surface area contributed by atoms with E-state index in [1.807, 2.05) is 18.2 Å². The van der Waals surface area contributed by atoms with Crippen LogP contribution < -0.4 is 15.0 Å². The van der Waals surface area contributed by atoms with Crippen LogP contribution in [0.2, 0.25) is 0 Å². The van der Waals surface area contributed by atoms with Gasteiger partial charge in [-0.3, -0.25) is 0 Å². The van der Waals surface area contributed by atoms with Crippen molar-refractivity contribution in [3.63, 3.8) is 0 Å². The minimum absolute atomic E-state index is 0.762. The summed E-state index contributed by atoms with van der Waals surface area (Å²) in [6.45, 7) is 3.89. The predicted octanol–water partition coefficient (Wildman–Crippen LogP) is 4.10. The number of rotatable bonds is 4. The first-order chi connectivity index (χ1) is 12.7. The van der Waals surface area contributed by atoms with E-state index in [1.54, 1.807) is 13.4 Å². The first-order valence-electron chi connectivity index (χ1n) is 8.78. The number of benzene rings is 2. The lowest BCUT2D eigenvalue weighted by Crippen LogP contribution is -2.31. The molecule has 0 atom stereocenters. The van der Waals surface area contributed by atoms with Crippen molar-refractivity contribution >= 4 is 17.3 Å². The van der Waals surface area contributed by atoms with Crippen molar-refractivity contribution in [3.05, 3.63) is 71.5 Å². The smallest absolute Gasteiger partial charge is 0.142 e. The molecule has 2 heterocycles. The summed E-state index contributed by atoms with van der Waals surface area (Å²) >= 11 is 0. The third kappa shape index (κ3) is 3.33. The first-order valence-corrected chi connectivity index (χ1v) is 8.78. The maximum Gasteiger partial charge on any atom is 0.142 e. The van der Waals surface area contributed by atoms with Crippen LogP contribution in [-0.4, -0.2) is 23.6 Å². The Morgan fingerprint density at radius 3 is 2.73 bits per heavy atom. The lowest BCUT2D eigenvalue weighted by molar-refractivity contribution is 0.416. The summed E-state index contributed by atoms with van der Waals surface area (Å²) in [7, 11) is 1.67. The number of nitrogens with one attached hydrogen (secondary N) is 1. The minimum atomic E-state index is 0.762. The van der Waals surface area contributed by atoms with Crippen molar-refractivity contribution in [2.75, 3.05) is 23.9 Å². The molecule has 0 aliphatic carbocycles. The van der Waals surface area contributed by atoms with Gasteiger partial charge in [0.1, 0.15) is 23.7 Å². The fraction of sp³-hybridized carbons (Fsp3) is 0.238. The number of ether oxygens (including phenoxy) is 1. The molecular formula is C21H22N4O. The largest absolute Gasteiger partial charge is 0.495 e. The van der Waals surface area contributed by atoms with Crippen LogP contribution in [-0.2, 0) is 13.0 Å². The molecule has 0 saturated heterocycles. The van der Waals surface area contributed by atoms with Gasteiger partial charge in [0.2, 0.25) is 0 Å². The highest BCUT2D eigenvalue weighted by Gasteiger charge is 2.17. The van der Waals surface area contributed by atoms with E-state index in [4.69, 9.17) is 4.74 Å². The number of anilines is 3. The Hall–Kier alpha value is -3.08. The molecule has 1 aliphatic rings. The summed E-state index contributed by atoms with van der Waals surface area (Å²) in [5.41, 5.74) is 4.87. The van der Waals surface area contributed by atoms with Gasteiger partial charge in [-0.2, -0.15) is 0 Å². The number of fused-ring (bicyclic) bond motifs is 1. The quantitative estimate of drug-likeness (QED) is 0.771. The van der Waals surface area contributed by atoms with Crippen molar-refractivity contribution < 1.29 is 4.74 Å². The van der Waals surface area contributed by atoms with E-state index >= 15 is 0 Å². The summed E-state index contributed by atoms with van der Waals surface area (Å²) in [4.78, 5) is 11.2. The summed E-state index contributed by atoms with van der Waals surface area (Å²) < 4.78 is 5.44. The molecule has 3 aromatic rings. The van der Waals surface area contributed by atoms with E-state index in [-0.39, 0.29) is 0 Å². The molecule has 0 unspecified atom stereocenters. The summed E-state index contributed by atoms with van der Waals surface area (Å²) in [5.74, 6) is 2.49. The SMILES string of the molecule is COc1ccc(C)cc1Nc1cc(N2CCc3ccccc3C2)ncn1. The maximum absolute atomic E-state index is 5.44. The third-order valence-corrected chi connectivity index (χ3v) is 4.73. The molecule has 1 N–H and O–H groups in total. The second-order valence-electron chi connectivity index (χ2n) is 6.53. The molecule has 26 heavy (non-hydrogen) atoms. The van der Waals surface area contributed by atoms with E-state index < -0.39 is 0 Å². The zero-order chi connectivity index (χ0) is 17.9. The van der Waals surface area contributed by atoms with Gasteiger partial charge in [-0.05, 0) is 42.2 Å². The Bertz CT molecular complexity index is 925. The van der Waals surface area contributed by atoms with Crippen LogP contribution in [0, 0.1) is 6.92 Å². The molecule has 0 saturated carbocycles. The number of hydrogen-bond acceptors (Lipinski definition) is 5. The molecule has 0 fully saturated rings. The number of hydrogen-bond donors (Lipinski definition) is 1. The van der Waals surface area contributed by atoms with Crippen molar-refractivity contribution in [2.45, 2.75) is 19.9 Å². The van der Waals surface area contributed by atoms with Gasteiger partial charge < -0.3 is 15.0 Å². The zero-order valence-electron chi connectivity index (χ0n) is 15.1. The maximum atomic E-state index is 5.44. The van der Waals surface area contributed by atoms with Gasteiger partial charge in [0.15, 0.2) is 0 Å². The predicted molar refractivity (Wildman–Crippen MR) is 104 cm³/mol. The van der Waals surface area contributed by atoms with Crippen LogP contribution in [0.1, 0.15) is 16.7 Å². The fourth-order valence-corrected chi connectivity index (χ4v) is 3.34. The molecule has 5 heteroatoms. The molecule has 0 radical (unpaired) electrons. The van der Waals surface area contributed by atoms with Gasteiger partial charge in [0.05, 0.1) is 12.8 Å². The molecule has 0 bridgehead atoms. The van der Waals surface area contributed by atoms with E-state index in [0.717, 1.165) is 48.1 Å². The fourth-order valence-electron chi connectivity index (χ4n) is 3.34. The minimum Gasteiger partial charge on any atom is -0.495 e. The van der Waals surface area contributed by atoms with E-state index in [2.05, 4.69) is 57.4 Å². The van der Waals surface area contributed by atoms with Gasteiger partial charge in [-0.1, -0.05) is 30.3 Å². The normalized spacial score (nSPS) is 13.2. The Kier molecular flexibility index (Phi) is 4.44. The topological polar surface area (TPSA) is 50.3 Å². The second kappa shape index (κ2) is 7.04. The second-order valence-corrected chi connectivity index (χ2v) is 6.53. The van der Waals surface area contributed by atoms with Crippen LogP contribution in [0.25, 0.3) is 0 Å². The number of nitrogens with zero attached hydrogens (tertiary/aromatic N) is 3. The zero-order valence-corrected chi connectivity index (χ0v) is 15.1. The van der Waals surface area contributed by atoms with Crippen molar-refractivity contribution in [1.29, 1.82) is 0 Å². The van der Waals surface area contributed by atoms with Crippen LogP contribution >= 0.6 is 0 Å². The molecule has 2 aromatic carbocycles. The molecule has 5 nitrogen and oxygen atoms in total. The van der Waals surface area contributed by atoms with Crippen molar-refractivity contribution in [3.8, 4) is 5.75 Å². The molecular weight excluding hydrogens is 324 g/mol. The van der Waals surface area contributed by atoms with Crippen molar-refractivity contribution in [1.82, 2.24) is 9.97 Å². The van der Waals surface area contributed by atoms with Gasteiger partial charge >= 0.3 is 0 Å². The Labute approximate surface area is 153 Å². The average molecular weight is 346 g/mol. The monoisotopic (exact) mass is 346 g/mol. The highest BCUT2D eigenvalue weighted by molar-refractivity contribution is 5.66. The molecule has 4 rings (SSSR count). The molecule has 1 aliphatic heterocycles. The van der Waals surface area contributed by atoms with Gasteiger partial charge in [0, 0.05) is 19.2 Å². The Morgan fingerprint density at radius 2 is 1.88 bits per heavy atom. The lowest BCUT2D eigenvalue weighted by atomic mass is 10.00. The summed E-state index contributed by atoms with van der Waals surface area (Å²) in [5, 5.41) is 3.36.